The topological polar surface area (TPSA) is 67.4 Å². The van der Waals surface area contributed by atoms with Crippen LogP contribution in [0, 0.1) is 0 Å². The summed E-state index contributed by atoms with van der Waals surface area (Å²) in [7, 11) is 1.58. The van der Waals surface area contributed by atoms with E-state index in [0.29, 0.717) is 21.4 Å². The molecule has 0 aromatic heterocycles. The van der Waals surface area contributed by atoms with Crippen molar-refractivity contribution < 1.29 is 14.3 Å². The van der Waals surface area contributed by atoms with E-state index in [4.69, 9.17) is 16.3 Å². The predicted molar refractivity (Wildman–Crippen MR) is 94.1 cm³/mol. The SMILES string of the molecule is COc1ccc(NC2=C(Sc3ccc(Cl)cc3)C(=O)NC2=O)cc1. The van der Waals surface area contributed by atoms with Gasteiger partial charge in [0.05, 0.1) is 7.11 Å². The fourth-order valence-corrected chi connectivity index (χ4v) is 3.11. The molecule has 0 spiro atoms. The van der Waals surface area contributed by atoms with E-state index in [0.717, 1.165) is 4.90 Å². The Morgan fingerprint density at radius 1 is 1.00 bits per heavy atom. The number of hydrogen-bond donors (Lipinski definition) is 2. The first kappa shape index (κ1) is 16.4. The zero-order valence-corrected chi connectivity index (χ0v) is 14.2. The van der Waals surface area contributed by atoms with Crippen LogP contribution in [0.3, 0.4) is 0 Å². The largest absolute Gasteiger partial charge is 0.497 e. The van der Waals surface area contributed by atoms with Crippen molar-refractivity contribution in [2.75, 3.05) is 12.4 Å². The summed E-state index contributed by atoms with van der Waals surface area (Å²) in [5.41, 5.74) is 0.912. The molecule has 122 valence electrons. The van der Waals surface area contributed by atoms with E-state index < -0.39 is 11.8 Å². The van der Waals surface area contributed by atoms with E-state index in [1.54, 1.807) is 55.6 Å². The minimum atomic E-state index is -0.452. The second kappa shape index (κ2) is 6.98. The number of benzene rings is 2. The molecule has 5 nitrogen and oxygen atoms in total. The number of anilines is 1. The molecule has 0 saturated carbocycles. The molecular formula is C17H13ClN2O3S. The van der Waals surface area contributed by atoms with Gasteiger partial charge >= 0.3 is 0 Å². The van der Waals surface area contributed by atoms with Crippen molar-refractivity contribution in [2.24, 2.45) is 0 Å². The van der Waals surface area contributed by atoms with Gasteiger partial charge in [0.25, 0.3) is 11.8 Å². The number of thioether (sulfide) groups is 1. The van der Waals surface area contributed by atoms with Crippen LogP contribution in [-0.4, -0.2) is 18.9 Å². The van der Waals surface area contributed by atoms with Gasteiger partial charge in [-0.05, 0) is 48.5 Å². The monoisotopic (exact) mass is 360 g/mol. The number of rotatable bonds is 5. The molecule has 0 fully saturated rings. The van der Waals surface area contributed by atoms with Crippen LogP contribution < -0.4 is 15.4 Å². The van der Waals surface area contributed by atoms with Crippen LogP contribution in [0.2, 0.25) is 5.02 Å². The highest BCUT2D eigenvalue weighted by Gasteiger charge is 2.31. The summed E-state index contributed by atoms with van der Waals surface area (Å²) in [6.07, 6.45) is 0. The summed E-state index contributed by atoms with van der Waals surface area (Å²) in [6.45, 7) is 0. The smallest absolute Gasteiger partial charge is 0.275 e. The lowest BCUT2D eigenvalue weighted by Crippen LogP contribution is -2.24. The number of hydrogen-bond acceptors (Lipinski definition) is 5. The van der Waals surface area contributed by atoms with Crippen LogP contribution in [0.1, 0.15) is 0 Å². The van der Waals surface area contributed by atoms with Crippen LogP contribution in [-0.2, 0) is 9.59 Å². The van der Waals surface area contributed by atoms with E-state index in [2.05, 4.69) is 10.6 Å². The van der Waals surface area contributed by atoms with Gasteiger partial charge in [0.15, 0.2) is 0 Å². The summed E-state index contributed by atoms with van der Waals surface area (Å²) in [5.74, 6) is -0.166. The van der Waals surface area contributed by atoms with Crippen LogP contribution in [0.15, 0.2) is 64.0 Å². The summed E-state index contributed by atoms with van der Waals surface area (Å²) in [6, 6.07) is 14.1. The Kier molecular flexibility index (Phi) is 4.78. The average molecular weight is 361 g/mol. The Bertz CT molecular complexity index is 817. The molecule has 1 aliphatic rings. The quantitative estimate of drug-likeness (QED) is 0.800. The molecule has 0 saturated heterocycles. The van der Waals surface area contributed by atoms with Crippen molar-refractivity contribution in [3.05, 3.63) is 64.2 Å². The first-order valence-corrected chi connectivity index (χ1v) is 8.21. The Morgan fingerprint density at radius 2 is 1.67 bits per heavy atom. The first-order valence-electron chi connectivity index (χ1n) is 7.01. The molecule has 0 aliphatic carbocycles. The number of amides is 2. The van der Waals surface area contributed by atoms with E-state index in [-0.39, 0.29) is 5.70 Å². The van der Waals surface area contributed by atoms with Crippen LogP contribution in [0.25, 0.3) is 0 Å². The maximum absolute atomic E-state index is 12.1. The van der Waals surface area contributed by atoms with Gasteiger partial charge in [0.2, 0.25) is 0 Å². The maximum atomic E-state index is 12.1. The van der Waals surface area contributed by atoms with Gasteiger partial charge in [-0.15, -0.1) is 0 Å². The highest BCUT2D eigenvalue weighted by molar-refractivity contribution is 8.04. The third-order valence-electron chi connectivity index (χ3n) is 3.28. The fourth-order valence-electron chi connectivity index (χ4n) is 2.09. The molecular weight excluding hydrogens is 348 g/mol. The minimum absolute atomic E-state index is 0.227. The zero-order valence-electron chi connectivity index (χ0n) is 12.6. The number of ether oxygens (including phenoxy) is 1. The summed E-state index contributed by atoms with van der Waals surface area (Å²) < 4.78 is 5.10. The summed E-state index contributed by atoms with van der Waals surface area (Å²) in [4.78, 5) is 25.2. The third kappa shape index (κ3) is 3.55. The van der Waals surface area contributed by atoms with Crippen LogP contribution in [0.5, 0.6) is 5.75 Å². The Morgan fingerprint density at radius 3 is 2.29 bits per heavy atom. The highest BCUT2D eigenvalue weighted by atomic mass is 35.5. The molecule has 1 aliphatic heterocycles. The van der Waals surface area contributed by atoms with E-state index in [9.17, 15) is 9.59 Å². The lowest BCUT2D eigenvalue weighted by Gasteiger charge is -2.08. The molecule has 1 heterocycles. The van der Waals surface area contributed by atoms with Crippen molar-refractivity contribution in [3.63, 3.8) is 0 Å². The van der Waals surface area contributed by atoms with Gasteiger partial charge in [-0.1, -0.05) is 23.4 Å². The number of methoxy groups -OCH3 is 1. The van der Waals surface area contributed by atoms with Gasteiger partial charge in [0, 0.05) is 15.6 Å². The van der Waals surface area contributed by atoms with E-state index >= 15 is 0 Å². The molecule has 2 aromatic carbocycles. The van der Waals surface area contributed by atoms with Crippen LogP contribution in [0.4, 0.5) is 5.69 Å². The minimum Gasteiger partial charge on any atom is -0.497 e. The van der Waals surface area contributed by atoms with Crippen molar-refractivity contribution in [3.8, 4) is 5.75 Å². The Labute approximate surface area is 148 Å². The van der Waals surface area contributed by atoms with Crippen molar-refractivity contribution in [1.82, 2.24) is 5.32 Å². The molecule has 2 N–H and O–H groups in total. The van der Waals surface area contributed by atoms with Gasteiger partial charge in [-0.2, -0.15) is 0 Å². The van der Waals surface area contributed by atoms with Crippen molar-refractivity contribution in [2.45, 2.75) is 4.90 Å². The lowest BCUT2D eigenvalue weighted by molar-refractivity contribution is -0.123. The highest BCUT2D eigenvalue weighted by Crippen LogP contribution is 2.33. The molecule has 0 atom stereocenters. The standard InChI is InChI=1S/C17H13ClN2O3S/c1-23-12-6-4-11(5-7-12)19-14-15(17(22)20-16(14)21)24-13-8-2-10(18)3-9-13/h2-9H,1H3,(H2,19,20,21,22). The molecule has 24 heavy (non-hydrogen) atoms. The average Bonchev–Trinajstić information content (AvgIpc) is 2.84. The van der Waals surface area contributed by atoms with Crippen LogP contribution >= 0.6 is 23.4 Å². The molecule has 7 heteroatoms. The molecule has 0 bridgehead atoms. The second-order valence-electron chi connectivity index (χ2n) is 4.90. The normalized spacial score (nSPS) is 13.9. The molecule has 2 amide bonds. The van der Waals surface area contributed by atoms with Gasteiger partial charge in [-0.25, -0.2) is 0 Å². The maximum Gasteiger partial charge on any atom is 0.275 e. The van der Waals surface area contributed by atoms with E-state index in [1.807, 2.05) is 0 Å². The summed E-state index contributed by atoms with van der Waals surface area (Å²) >= 11 is 7.07. The Balaban J connectivity index is 1.87. The lowest BCUT2D eigenvalue weighted by atomic mass is 10.3. The number of carbonyl (C=O) groups excluding carboxylic acids is 2. The van der Waals surface area contributed by atoms with E-state index in [1.165, 1.54) is 11.8 Å². The molecule has 3 rings (SSSR count). The second-order valence-corrected chi connectivity index (χ2v) is 6.42. The zero-order chi connectivity index (χ0) is 17.1. The molecule has 0 radical (unpaired) electrons. The number of nitrogens with one attached hydrogen (secondary N) is 2. The number of imide groups is 1. The van der Waals surface area contributed by atoms with Crippen molar-refractivity contribution in [1.29, 1.82) is 0 Å². The first-order chi connectivity index (χ1) is 11.6. The number of halogens is 1. The van der Waals surface area contributed by atoms with Gasteiger partial charge < -0.3 is 10.1 Å². The van der Waals surface area contributed by atoms with Gasteiger partial charge in [0.1, 0.15) is 16.4 Å². The van der Waals surface area contributed by atoms with Gasteiger partial charge in [-0.3, -0.25) is 14.9 Å². The Hall–Kier alpha value is -2.44. The number of carbonyl (C=O) groups is 2. The summed E-state index contributed by atoms with van der Waals surface area (Å²) in [5, 5.41) is 5.91. The molecule has 2 aromatic rings. The van der Waals surface area contributed by atoms with Crippen molar-refractivity contribution >= 4 is 40.9 Å². The fraction of sp³-hybridized carbons (Fsp3) is 0.0588. The predicted octanol–water partition coefficient (Wildman–Crippen LogP) is 3.42. The molecule has 0 unspecified atom stereocenters. The third-order valence-corrected chi connectivity index (χ3v) is 4.63.